The maximum absolute atomic E-state index is 12.9. The van der Waals surface area contributed by atoms with Crippen LogP contribution in [-0.2, 0) is 21.3 Å². The largest absolute Gasteiger partial charge is 0.375 e. The maximum atomic E-state index is 12.9. The van der Waals surface area contributed by atoms with Crippen LogP contribution in [0.15, 0.2) is 53.7 Å². The summed E-state index contributed by atoms with van der Waals surface area (Å²) in [4.78, 5) is 16.3. The summed E-state index contributed by atoms with van der Waals surface area (Å²) < 4.78 is 34.8. The number of hydrogen-bond acceptors (Lipinski definition) is 5. The number of pyridine rings is 1. The van der Waals surface area contributed by atoms with Gasteiger partial charge in [0.05, 0.1) is 17.1 Å². The molecule has 0 aliphatic heterocycles. The number of halogens is 1. The van der Waals surface area contributed by atoms with Gasteiger partial charge in [-0.05, 0) is 87.3 Å². The number of amides is 2. The summed E-state index contributed by atoms with van der Waals surface area (Å²) in [5, 5.41) is 5.72. The topological polar surface area (TPSA) is 109 Å². The van der Waals surface area contributed by atoms with Crippen molar-refractivity contribution in [3.05, 3.63) is 54.4 Å². The highest BCUT2D eigenvalue weighted by molar-refractivity contribution is 7.89. The number of rotatable bonds is 8. The Morgan fingerprint density at radius 1 is 0.971 bits per heavy atom. The summed E-state index contributed by atoms with van der Waals surface area (Å²) >= 11 is 6.18. The first-order chi connectivity index (χ1) is 16.9. The molecule has 2 aliphatic rings. The molecule has 1 aromatic heterocycles. The molecule has 2 aliphatic carbocycles. The predicted molar refractivity (Wildman–Crippen MR) is 136 cm³/mol. The van der Waals surface area contributed by atoms with E-state index in [4.69, 9.17) is 16.3 Å². The van der Waals surface area contributed by atoms with Crippen molar-refractivity contribution in [1.82, 2.24) is 15.0 Å². The number of hydrogen-bond donors (Lipinski definition) is 3. The minimum atomic E-state index is -3.64. The van der Waals surface area contributed by atoms with Crippen molar-refractivity contribution in [3.63, 3.8) is 0 Å². The van der Waals surface area contributed by atoms with Crippen molar-refractivity contribution >= 4 is 33.3 Å². The van der Waals surface area contributed by atoms with Crippen LogP contribution in [0.3, 0.4) is 0 Å². The highest BCUT2D eigenvalue weighted by Gasteiger charge is 2.29. The first-order valence-electron chi connectivity index (χ1n) is 12.2. The second kappa shape index (κ2) is 12.2. The van der Waals surface area contributed by atoms with Gasteiger partial charge in [0.25, 0.3) is 0 Å². The minimum Gasteiger partial charge on any atom is -0.375 e. The first kappa shape index (κ1) is 25.9. The van der Waals surface area contributed by atoms with Gasteiger partial charge in [-0.3, -0.25) is 4.98 Å². The normalized spacial score (nSPS) is 25.1. The number of anilines is 1. The summed E-state index contributed by atoms with van der Waals surface area (Å²) in [7, 11) is -3.64. The van der Waals surface area contributed by atoms with Crippen LogP contribution in [0.5, 0.6) is 0 Å². The number of carbonyl (C=O) groups excluding carboxylic acids is 1. The van der Waals surface area contributed by atoms with Gasteiger partial charge in [-0.25, -0.2) is 17.9 Å². The Kier molecular flexibility index (Phi) is 8.99. The molecule has 190 valence electrons. The second-order valence-electron chi connectivity index (χ2n) is 9.30. The molecule has 0 spiro atoms. The quantitative estimate of drug-likeness (QED) is 0.442. The van der Waals surface area contributed by atoms with Gasteiger partial charge >= 0.3 is 6.03 Å². The third kappa shape index (κ3) is 7.90. The van der Waals surface area contributed by atoms with Gasteiger partial charge in [0.2, 0.25) is 10.0 Å². The molecule has 0 unspecified atom stereocenters. The summed E-state index contributed by atoms with van der Waals surface area (Å²) in [5.41, 5.74) is 1.39. The van der Waals surface area contributed by atoms with Crippen LogP contribution >= 0.6 is 11.6 Å². The standard InChI is InChI=1S/C25H33ClN4O4S/c26-19-3-9-22(10-4-19)34-23-11-5-21(6-12-23)30-35(32,33)24-13-7-20(8-14-24)29-25(31)28-17-18-2-1-15-27-16-18/h1-2,7-8,13-16,19,21-23,30H,3-6,9-12,17H2,(H2,28,29,31). The van der Waals surface area contributed by atoms with E-state index >= 15 is 0 Å². The Bertz CT molecular complexity index is 1050. The number of aromatic nitrogens is 1. The van der Waals surface area contributed by atoms with Crippen molar-refractivity contribution in [1.29, 1.82) is 0 Å². The average Bonchev–Trinajstić information content (AvgIpc) is 2.86. The molecular weight excluding hydrogens is 488 g/mol. The average molecular weight is 521 g/mol. The van der Waals surface area contributed by atoms with Crippen molar-refractivity contribution in [2.24, 2.45) is 0 Å². The molecule has 2 fully saturated rings. The summed E-state index contributed by atoms with van der Waals surface area (Å²) in [5.74, 6) is 0. The summed E-state index contributed by atoms with van der Waals surface area (Å²) in [6.07, 6.45) is 11.1. The molecule has 0 atom stereocenters. The van der Waals surface area contributed by atoms with Gasteiger partial charge in [-0.1, -0.05) is 6.07 Å². The van der Waals surface area contributed by atoms with Gasteiger partial charge in [0, 0.05) is 36.0 Å². The number of nitrogens with one attached hydrogen (secondary N) is 3. The lowest BCUT2D eigenvalue weighted by Gasteiger charge is -2.33. The molecule has 1 heterocycles. The molecule has 3 N–H and O–H groups in total. The van der Waals surface area contributed by atoms with E-state index in [0.717, 1.165) is 56.9 Å². The Balaban J connectivity index is 1.21. The SMILES string of the molecule is O=C(NCc1cccnc1)Nc1ccc(S(=O)(=O)NC2CCC(OC3CCC(Cl)CC3)CC2)cc1. The van der Waals surface area contributed by atoms with Gasteiger partial charge in [0.15, 0.2) is 0 Å². The molecule has 2 amide bonds. The van der Waals surface area contributed by atoms with Gasteiger partial charge in [-0.15, -0.1) is 11.6 Å². The van der Waals surface area contributed by atoms with Crippen molar-refractivity contribution < 1.29 is 17.9 Å². The Labute approximate surface area is 212 Å². The van der Waals surface area contributed by atoms with E-state index in [1.54, 1.807) is 30.6 Å². The van der Waals surface area contributed by atoms with E-state index in [9.17, 15) is 13.2 Å². The van der Waals surface area contributed by atoms with E-state index in [0.29, 0.717) is 12.2 Å². The molecular formula is C25H33ClN4O4S. The Morgan fingerprint density at radius 3 is 2.26 bits per heavy atom. The third-order valence-corrected chi connectivity index (χ3v) is 8.56. The van der Waals surface area contributed by atoms with E-state index in [1.807, 2.05) is 6.07 Å². The van der Waals surface area contributed by atoms with Gasteiger partial charge < -0.3 is 15.4 Å². The van der Waals surface area contributed by atoms with Crippen LogP contribution in [0.2, 0.25) is 0 Å². The van der Waals surface area contributed by atoms with E-state index in [-0.39, 0.29) is 34.6 Å². The zero-order valence-electron chi connectivity index (χ0n) is 19.7. The fraction of sp³-hybridized carbons (Fsp3) is 0.520. The van der Waals surface area contributed by atoms with Gasteiger partial charge in [-0.2, -0.15) is 0 Å². The third-order valence-electron chi connectivity index (χ3n) is 6.58. The van der Waals surface area contributed by atoms with Gasteiger partial charge in [0.1, 0.15) is 0 Å². The Hall–Kier alpha value is -2.20. The van der Waals surface area contributed by atoms with Crippen LogP contribution < -0.4 is 15.4 Å². The highest BCUT2D eigenvalue weighted by atomic mass is 35.5. The molecule has 1 aromatic carbocycles. The molecule has 4 rings (SSSR count). The van der Waals surface area contributed by atoms with Crippen molar-refractivity contribution in [3.8, 4) is 0 Å². The molecule has 2 aromatic rings. The van der Waals surface area contributed by atoms with Crippen molar-refractivity contribution in [2.45, 2.75) is 86.4 Å². The molecule has 0 radical (unpaired) electrons. The summed E-state index contributed by atoms with van der Waals surface area (Å²) in [6, 6.07) is 9.35. The van der Waals surface area contributed by atoms with Crippen LogP contribution in [0.1, 0.15) is 56.9 Å². The molecule has 10 heteroatoms. The minimum absolute atomic E-state index is 0.102. The van der Waals surface area contributed by atoms with E-state index in [1.165, 1.54) is 12.1 Å². The zero-order chi connectivity index (χ0) is 24.7. The van der Waals surface area contributed by atoms with Crippen LogP contribution in [0.25, 0.3) is 0 Å². The van der Waals surface area contributed by atoms with Crippen LogP contribution in [-0.4, -0.2) is 43.1 Å². The number of ether oxygens (including phenoxy) is 1. The fourth-order valence-electron chi connectivity index (χ4n) is 4.61. The second-order valence-corrected chi connectivity index (χ2v) is 11.6. The van der Waals surface area contributed by atoms with E-state index in [2.05, 4.69) is 20.3 Å². The lowest BCUT2D eigenvalue weighted by Crippen LogP contribution is -2.40. The van der Waals surface area contributed by atoms with Crippen LogP contribution in [0, 0.1) is 0 Å². The number of sulfonamides is 1. The number of nitrogens with zero attached hydrogens (tertiary/aromatic N) is 1. The fourth-order valence-corrected chi connectivity index (χ4v) is 6.17. The molecule has 8 nitrogen and oxygen atoms in total. The molecule has 0 bridgehead atoms. The molecule has 2 saturated carbocycles. The predicted octanol–water partition coefficient (Wildman–Crippen LogP) is 4.56. The lowest BCUT2D eigenvalue weighted by molar-refractivity contribution is -0.0470. The molecule has 35 heavy (non-hydrogen) atoms. The Morgan fingerprint density at radius 2 is 1.63 bits per heavy atom. The maximum Gasteiger partial charge on any atom is 0.319 e. The first-order valence-corrected chi connectivity index (χ1v) is 14.1. The highest BCUT2D eigenvalue weighted by Crippen LogP contribution is 2.30. The van der Waals surface area contributed by atoms with Crippen LogP contribution in [0.4, 0.5) is 10.5 Å². The van der Waals surface area contributed by atoms with Crippen molar-refractivity contribution in [2.75, 3.05) is 5.32 Å². The molecule has 0 saturated heterocycles. The number of alkyl halides is 1. The number of carbonyl (C=O) groups is 1. The zero-order valence-corrected chi connectivity index (χ0v) is 21.2. The lowest BCUT2D eigenvalue weighted by atomic mass is 9.92. The number of benzene rings is 1. The van der Waals surface area contributed by atoms with E-state index < -0.39 is 10.0 Å². The summed E-state index contributed by atoms with van der Waals surface area (Å²) in [6.45, 7) is 0.345. The smallest absolute Gasteiger partial charge is 0.319 e. The number of urea groups is 1. The monoisotopic (exact) mass is 520 g/mol.